The molecule has 0 fully saturated rings. The van der Waals surface area contributed by atoms with Crippen LogP contribution in [-0.2, 0) is 28.4 Å². The minimum absolute atomic E-state index is 0.354. The Hall–Kier alpha value is -0.280. The number of hydrogen-bond acceptors (Lipinski definition) is 7. The minimum atomic E-state index is -0.354. The summed E-state index contributed by atoms with van der Waals surface area (Å²) in [6, 6.07) is 0. The summed E-state index contributed by atoms with van der Waals surface area (Å²) < 4.78 is 31.5. The molecular formula is C16H35NO6. The van der Waals surface area contributed by atoms with Crippen LogP contribution in [0.15, 0.2) is 0 Å². The molecule has 0 aliphatic heterocycles. The van der Waals surface area contributed by atoms with Gasteiger partial charge in [-0.15, -0.1) is 0 Å². The van der Waals surface area contributed by atoms with E-state index in [0.29, 0.717) is 59.5 Å². The van der Waals surface area contributed by atoms with Crippen LogP contribution in [0, 0.1) is 0 Å². The van der Waals surface area contributed by atoms with E-state index in [4.69, 9.17) is 34.2 Å². The van der Waals surface area contributed by atoms with Crippen molar-refractivity contribution in [3.63, 3.8) is 0 Å². The van der Waals surface area contributed by atoms with Gasteiger partial charge in [-0.1, -0.05) is 0 Å². The Balaban J connectivity index is 4.00. The first-order valence-electron chi connectivity index (χ1n) is 8.17. The van der Waals surface area contributed by atoms with Gasteiger partial charge < -0.3 is 34.2 Å². The lowest BCUT2D eigenvalue weighted by molar-refractivity contribution is 0.0296. The standard InChI is InChI=1S/C16H35NO6/c1-18-10-13-21-7-4-16(17,5-8-22-14-11-19-2)6-9-23-15-12-20-3/h4-15,17H2,1-3H3. The van der Waals surface area contributed by atoms with Gasteiger partial charge >= 0.3 is 0 Å². The van der Waals surface area contributed by atoms with E-state index in [1.165, 1.54) is 0 Å². The molecule has 0 aromatic heterocycles. The number of nitrogens with two attached hydrogens (primary N) is 1. The molecule has 23 heavy (non-hydrogen) atoms. The first kappa shape index (κ1) is 22.7. The Morgan fingerprint density at radius 3 is 1.09 bits per heavy atom. The predicted octanol–water partition coefficient (Wildman–Crippen LogP) is 0.843. The number of hydrogen-bond donors (Lipinski definition) is 1. The number of rotatable bonds is 18. The molecule has 0 amide bonds. The molecular weight excluding hydrogens is 302 g/mol. The van der Waals surface area contributed by atoms with Crippen LogP contribution in [0.1, 0.15) is 19.3 Å². The average Bonchev–Trinajstić information content (AvgIpc) is 2.54. The molecule has 0 saturated carbocycles. The smallest absolute Gasteiger partial charge is 0.0700 e. The molecule has 0 atom stereocenters. The van der Waals surface area contributed by atoms with Crippen LogP contribution in [0.3, 0.4) is 0 Å². The SMILES string of the molecule is COCCOCCC(N)(CCOCCOC)CCOCCOC. The largest absolute Gasteiger partial charge is 0.382 e. The fraction of sp³-hybridized carbons (Fsp3) is 1.00. The molecule has 140 valence electrons. The van der Waals surface area contributed by atoms with Crippen molar-refractivity contribution >= 4 is 0 Å². The maximum atomic E-state index is 6.51. The van der Waals surface area contributed by atoms with E-state index in [1.807, 2.05) is 0 Å². The molecule has 0 spiro atoms. The van der Waals surface area contributed by atoms with Crippen molar-refractivity contribution in [3.05, 3.63) is 0 Å². The van der Waals surface area contributed by atoms with Crippen molar-refractivity contribution in [2.75, 3.05) is 80.8 Å². The Morgan fingerprint density at radius 2 is 0.826 bits per heavy atom. The van der Waals surface area contributed by atoms with Crippen LogP contribution < -0.4 is 5.73 Å². The highest BCUT2D eigenvalue weighted by atomic mass is 16.5. The molecule has 0 rings (SSSR count). The van der Waals surface area contributed by atoms with E-state index in [0.717, 1.165) is 19.3 Å². The van der Waals surface area contributed by atoms with Crippen molar-refractivity contribution in [1.29, 1.82) is 0 Å². The average molecular weight is 337 g/mol. The molecule has 0 aliphatic rings. The van der Waals surface area contributed by atoms with Gasteiger partial charge in [0.05, 0.1) is 39.6 Å². The minimum Gasteiger partial charge on any atom is -0.382 e. The lowest BCUT2D eigenvalue weighted by Crippen LogP contribution is -2.43. The summed E-state index contributed by atoms with van der Waals surface area (Å²) in [5, 5.41) is 0. The van der Waals surface area contributed by atoms with E-state index in [9.17, 15) is 0 Å². The molecule has 0 unspecified atom stereocenters. The third kappa shape index (κ3) is 15.0. The van der Waals surface area contributed by atoms with E-state index in [-0.39, 0.29) is 5.54 Å². The van der Waals surface area contributed by atoms with E-state index >= 15 is 0 Å². The summed E-state index contributed by atoms with van der Waals surface area (Å²) in [5.74, 6) is 0. The Morgan fingerprint density at radius 1 is 0.522 bits per heavy atom. The molecule has 7 nitrogen and oxygen atoms in total. The number of ether oxygens (including phenoxy) is 6. The zero-order valence-electron chi connectivity index (χ0n) is 15.0. The van der Waals surface area contributed by atoms with Crippen molar-refractivity contribution in [3.8, 4) is 0 Å². The highest BCUT2D eigenvalue weighted by Crippen LogP contribution is 2.17. The first-order chi connectivity index (χ1) is 11.2. The number of methoxy groups -OCH3 is 3. The summed E-state index contributed by atoms with van der Waals surface area (Å²) in [7, 11) is 4.97. The molecule has 0 bridgehead atoms. The van der Waals surface area contributed by atoms with Gasteiger partial charge in [0, 0.05) is 46.7 Å². The fourth-order valence-corrected chi connectivity index (χ4v) is 1.93. The topological polar surface area (TPSA) is 81.4 Å². The van der Waals surface area contributed by atoms with E-state index < -0.39 is 0 Å². The Kier molecular flexibility index (Phi) is 16.4. The molecule has 0 saturated heterocycles. The van der Waals surface area contributed by atoms with Gasteiger partial charge in [-0.2, -0.15) is 0 Å². The highest BCUT2D eigenvalue weighted by molar-refractivity contribution is 4.84. The molecule has 7 heteroatoms. The van der Waals surface area contributed by atoms with Gasteiger partial charge in [0.2, 0.25) is 0 Å². The highest BCUT2D eigenvalue weighted by Gasteiger charge is 2.24. The van der Waals surface area contributed by atoms with Crippen LogP contribution in [-0.4, -0.2) is 86.3 Å². The van der Waals surface area contributed by atoms with Gasteiger partial charge in [0.1, 0.15) is 0 Å². The van der Waals surface area contributed by atoms with Gasteiger partial charge in [0.25, 0.3) is 0 Å². The van der Waals surface area contributed by atoms with Crippen LogP contribution in [0.4, 0.5) is 0 Å². The summed E-state index contributed by atoms with van der Waals surface area (Å²) in [6.45, 7) is 5.36. The molecule has 0 radical (unpaired) electrons. The quantitative estimate of drug-likeness (QED) is 0.371. The van der Waals surface area contributed by atoms with Crippen LogP contribution >= 0.6 is 0 Å². The maximum absolute atomic E-state index is 6.51. The zero-order valence-corrected chi connectivity index (χ0v) is 15.0. The molecule has 0 heterocycles. The van der Waals surface area contributed by atoms with Gasteiger partial charge in [-0.3, -0.25) is 0 Å². The predicted molar refractivity (Wildman–Crippen MR) is 88.9 cm³/mol. The van der Waals surface area contributed by atoms with Crippen LogP contribution in [0.25, 0.3) is 0 Å². The monoisotopic (exact) mass is 337 g/mol. The van der Waals surface area contributed by atoms with Crippen molar-refractivity contribution in [2.24, 2.45) is 5.73 Å². The molecule has 0 aliphatic carbocycles. The third-order valence-corrected chi connectivity index (χ3v) is 3.53. The lowest BCUT2D eigenvalue weighted by Gasteiger charge is -2.29. The van der Waals surface area contributed by atoms with Gasteiger partial charge in [-0.05, 0) is 19.3 Å². The maximum Gasteiger partial charge on any atom is 0.0700 e. The first-order valence-corrected chi connectivity index (χ1v) is 8.17. The zero-order chi connectivity index (χ0) is 17.2. The lowest BCUT2D eigenvalue weighted by atomic mass is 9.89. The normalized spacial score (nSPS) is 12.0. The van der Waals surface area contributed by atoms with Crippen LogP contribution in [0.2, 0.25) is 0 Å². The van der Waals surface area contributed by atoms with Crippen molar-refractivity contribution < 1.29 is 28.4 Å². The third-order valence-electron chi connectivity index (χ3n) is 3.53. The summed E-state index contributed by atoms with van der Waals surface area (Å²) in [4.78, 5) is 0. The molecule has 0 aromatic rings. The second-order valence-corrected chi connectivity index (χ2v) is 5.43. The summed E-state index contributed by atoms with van der Waals surface area (Å²) >= 11 is 0. The van der Waals surface area contributed by atoms with Gasteiger partial charge in [0.15, 0.2) is 0 Å². The Labute approximate surface area is 140 Å². The molecule has 0 aromatic carbocycles. The van der Waals surface area contributed by atoms with Crippen molar-refractivity contribution in [1.82, 2.24) is 0 Å². The van der Waals surface area contributed by atoms with Gasteiger partial charge in [-0.25, -0.2) is 0 Å². The van der Waals surface area contributed by atoms with E-state index in [1.54, 1.807) is 21.3 Å². The second-order valence-electron chi connectivity index (χ2n) is 5.43. The second kappa shape index (κ2) is 16.6. The Bertz CT molecular complexity index is 207. The van der Waals surface area contributed by atoms with E-state index in [2.05, 4.69) is 0 Å². The fourth-order valence-electron chi connectivity index (χ4n) is 1.93. The summed E-state index contributed by atoms with van der Waals surface area (Å²) in [5.41, 5.74) is 6.15. The van der Waals surface area contributed by atoms with Crippen LogP contribution in [0.5, 0.6) is 0 Å². The summed E-state index contributed by atoms with van der Waals surface area (Å²) in [6.07, 6.45) is 2.29. The van der Waals surface area contributed by atoms with Crippen molar-refractivity contribution in [2.45, 2.75) is 24.8 Å². The molecule has 2 N–H and O–H groups in total.